The average Bonchev–Trinajstić information content (AvgIpc) is 3.32. The minimum atomic E-state index is -0.929. The zero-order valence-corrected chi connectivity index (χ0v) is 15.2. The average molecular weight is 370 g/mol. The summed E-state index contributed by atoms with van der Waals surface area (Å²) < 4.78 is 10.3. The number of rotatable bonds is 6. The Morgan fingerprint density at radius 3 is 2.73 bits per heavy atom. The number of aromatic nitrogens is 1. The predicted octanol–water partition coefficient (Wildman–Crippen LogP) is 3.57. The highest BCUT2D eigenvalue weighted by molar-refractivity contribution is 7.13. The maximum absolute atomic E-state index is 12.2. The number of nitrogens with one attached hydrogen (secondary N) is 1. The van der Waals surface area contributed by atoms with E-state index < -0.39 is 18.0 Å². The predicted molar refractivity (Wildman–Crippen MR) is 97.7 cm³/mol. The SMILES string of the molecule is Cc1ccc(-c2nc(C(=O)O[C@H](C)C(=O)NCc3ccco3)cs2)cc1. The zero-order chi connectivity index (χ0) is 18.5. The summed E-state index contributed by atoms with van der Waals surface area (Å²) >= 11 is 1.36. The Hall–Kier alpha value is -2.93. The van der Waals surface area contributed by atoms with Gasteiger partial charge in [-0.25, -0.2) is 9.78 Å². The number of benzene rings is 1. The molecule has 0 spiro atoms. The van der Waals surface area contributed by atoms with E-state index in [1.165, 1.54) is 24.5 Å². The highest BCUT2D eigenvalue weighted by Crippen LogP contribution is 2.24. The van der Waals surface area contributed by atoms with Gasteiger partial charge in [0.15, 0.2) is 11.8 Å². The second-order valence-electron chi connectivity index (χ2n) is 5.75. The normalized spacial score (nSPS) is 11.8. The molecule has 26 heavy (non-hydrogen) atoms. The molecule has 0 radical (unpaired) electrons. The quantitative estimate of drug-likeness (QED) is 0.671. The van der Waals surface area contributed by atoms with E-state index >= 15 is 0 Å². The number of carbonyl (C=O) groups is 2. The molecule has 0 saturated carbocycles. The van der Waals surface area contributed by atoms with Gasteiger partial charge in [-0.3, -0.25) is 4.79 Å². The van der Waals surface area contributed by atoms with Crippen LogP contribution in [0.5, 0.6) is 0 Å². The van der Waals surface area contributed by atoms with Crippen molar-refractivity contribution in [1.82, 2.24) is 10.3 Å². The van der Waals surface area contributed by atoms with E-state index in [9.17, 15) is 9.59 Å². The highest BCUT2D eigenvalue weighted by atomic mass is 32.1. The van der Waals surface area contributed by atoms with Crippen molar-refractivity contribution in [3.05, 3.63) is 65.1 Å². The zero-order valence-electron chi connectivity index (χ0n) is 14.4. The third-order valence-electron chi connectivity index (χ3n) is 3.68. The van der Waals surface area contributed by atoms with E-state index in [1.54, 1.807) is 17.5 Å². The van der Waals surface area contributed by atoms with E-state index in [4.69, 9.17) is 9.15 Å². The topological polar surface area (TPSA) is 81.4 Å². The van der Waals surface area contributed by atoms with E-state index in [1.807, 2.05) is 31.2 Å². The van der Waals surface area contributed by atoms with E-state index in [-0.39, 0.29) is 12.2 Å². The Morgan fingerprint density at radius 1 is 1.27 bits per heavy atom. The van der Waals surface area contributed by atoms with Crippen LogP contribution in [-0.4, -0.2) is 23.0 Å². The van der Waals surface area contributed by atoms with Crippen molar-refractivity contribution in [2.45, 2.75) is 26.5 Å². The van der Waals surface area contributed by atoms with E-state index in [0.717, 1.165) is 16.1 Å². The smallest absolute Gasteiger partial charge is 0.358 e. The Balaban J connectivity index is 1.57. The molecule has 0 unspecified atom stereocenters. The van der Waals surface area contributed by atoms with Gasteiger partial charge >= 0.3 is 5.97 Å². The molecular formula is C19H18N2O4S. The Labute approximate surface area is 154 Å². The molecule has 0 fully saturated rings. The molecule has 0 aliphatic heterocycles. The summed E-state index contributed by atoms with van der Waals surface area (Å²) in [4.78, 5) is 28.5. The van der Waals surface area contributed by atoms with Crippen molar-refractivity contribution in [2.75, 3.05) is 0 Å². The van der Waals surface area contributed by atoms with Crippen molar-refractivity contribution in [3.63, 3.8) is 0 Å². The van der Waals surface area contributed by atoms with Crippen LogP contribution in [0.25, 0.3) is 10.6 Å². The summed E-state index contributed by atoms with van der Waals surface area (Å²) in [6, 6.07) is 11.4. The van der Waals surface area contributed by atoms with Crippen molar-refractivity contribution in [2.24, 2.45) is 0 Å². The number of thiazole rings is 1. The molecule has 0 aliphatic rings. The van der Waals surface area contributed by atoms with Gasteiger partial charge in [0, 0.05) is 10.9 Å². The first-order chi connectivity index (χ1) is 12.5. The largest absolute Gasteiger partial charge is 0.467 e. The highest BCUT2D eigenvalue weighted by Gasteiger charge is 2.21. The van der Waals surface area contributed by atoms with Gasteiger partial charge in [0.2, 0.25) is 0 Å². The van der Waals surface area contributed by atoms with Gasteiger partial charge in [0.05, 0.1) is 12.8 Å². The van der Waals surface area contributed by atoms with Crippen LogP contribution in [0.1, 0.15) is 28.7 Å². The number of aryl methyl sites for hydroxylation is 1. The molecule has 0 bridgehead atoms. The molecule has 1 amide bonds. The van der Waals surface area contributed by atoms with Gasteiger partial charge in [-0.2, -0.15) is 0 Å². The molecule has 2 aromatic heterocycles. The number of hydrogen-bond acceptors (Lipinski definition) is 6. The molecule has 1 aromatic carbocycles. The first kappa shape index (κ1) is 17.9. The molecule has 134 valence electrons. The fourth-order valence-corrected chi connectivity index (χ4v) is 3.00. The molecule has 7 heteroatoms. The summed E-state index contributed by atoms with van der Waals surface area (Å²) in [5.74, 6) is -0.400. The molecule has 0 saturated heterocycles. The summed E-state index contributed by atoms with van der Waals surface area (Å²) in [5, 5.41) is 5.01. The maximum atomic E-state index is 12.2. The minimum absolute atomic E-state index is 0.191. The second-order valence-corrected chi connectivity index (χ2v) is 6.61. The number of ether oxygens (including phenoxy) is 1. The summed E-state index contributed by atoms with van der Waals surface area (Å²) in [6.45, 7) is 3.76. The lowest BCUT2D eigenvalue weighted by Crippen LogP contribution is -2.35. The third-order valence-corrected chi connectivity index (χ3v) is 4.57. The number of furan rings is 1. The van der Waals surface area contributed by atoms with Crippen LogP contribution < -0.4 is 5.32 Å². The maximum Gasteiger partial charge on any atom is 0.358 e. The van der Waals surface area contributed by atoms with Crippen molar-refractivity contribution >= 4 is 23.2 Å². The van der Waals surface area contributed by atoms with Gasteiger partial charge in [-0.05, 0) is 26.0 Å². The fourth-order valence-electron chi connectivity index (χ4n) is 2.20. The van der Waals surface area contributed by atoms with Gasteiger partial charge < -0.3 is 14.5 Å². The Kier molecular flexibility index (Phi) is 5.48. The van der Waals surface area contributed by atoms with Crippen LogP contribution in [0, 0.1) is 6.92 Å². The first-order valence-corrected chi connectivity index (χ1v) is 8.94. The van der Waals surface area contributed by atoms with Gasteiger partial charge in [-0.15, -0.1) is 11.3 Å². The van der Waals surface area contributed by atoms with Crippen molar-refractivity contribution in [1.29, 1.82) is 0 Å². The Morgan fingerprint density at radius 2 is 2.04 bits per heavy atom. The number of amides is 1. The Bertz CT molecular complexity index is 885. The standard InChI is InChI=1S/C19H18N2O4S/c1-12-5-7-14(8-6-12)18-21-16(11-26-18)19(23)25-13(2)17(22)20-10-15-4-3-9-24-15/h3-9,11,13H,10H2,1-2H3,(H,20,22)/t13-/m1/s1. The van der Waals surface area contributed by atoms with E-state index in [0.29, 0.717) is 5.76 Å². The van der Waals surface area contributed by atoms with Crippen LogP contribution in [0.4, 0.5) is 0 Å². The molecule has 3 rings (SSSR count). The van der Waals surface area contributed by atoms with Crippen LogP contribution >= 0.6 is 11.3 Å². The first-order valence-electron chi connectivity index (χ1n) is 8.06. The molecule has 0 aliphatic carbocycles. The van der Waals surface area contributed by atoms with E-state index in [2.05, 4.69) is 10.3 Å². The second kappa shape index (κ2) is 7.97. The molecular weight excluding hydrogens is 352 g/mol. The van der Waals surface area contributed by atoms with Crippen LogP contribution in [-0.2, 0) is 16.1 Å². The molecule has 2 heterocycles. The number of carbonyl (C=O) groups excluding carboxylic acids is 2. The molecule has 3 aromatic rings. The van der Waals surface area contributed by atoms with Crippen molar-refractivity contribution in [3.8, 4) is 10.6 Å². The minimum Gasteiger partial charge on any atom is -0.467 e. The monoisotopic (exact) mass is 370 g/mol. The summed E-state index contributed by atoms with van der Waals surface area (Å²) in [5.41, 5.74) is 2.28. The number of nitrogens with zero attached hydrogens (tertiary/aromatic N) is 1. The lowest BCUT2D eigenvalue weighted by Gasteiger charge is -2.12. The van der Waals surface area contributed by atoms with Gasteiger partial charge in [0.1, 0.15) is 10.8 Å². The lowest BCUT2D eigenvalue weighted by molar-refractivity contribution is -0.129. The fraction of sp³-hybridized carbons (Fsp3) is 0.211. The summed E-state index contributed by atoms with van der Waals surface area (Å²) in [6.07, 6.45) is 0.598. The number of hydrogen-bond donors (Lipinski definition) is 1. The number of esters is 1. The van der Waals surface area contributed by atoms with Gasteiger partial charge in [0.25, 0.3) is 5.91 Å². The van der Waals surface area contributed by atoms with Crippen LogP contribution in [0.2, 0.25) is 0 Å². The molecule has 1 atom stereocenters. The van der Waals surface area contributed by atoms with Crippen LogP contribution in [0.3, 0.4) is 0 Å². The molecule has 6 nitrogen and oxygen atoms in total. The lowest BCUT2D eigenvalue weighted by atomic mass is 10.2. The van der Waals surface area contributed by atoms with Crippen LogP contribution in [0.15, 0.2) is 52.5 Å². The van der Waals surface area contributed by atoms with Crippen molar-refractivity contribution < 1.29 is 18.7 Å². The van der Waals surface area contributed by atoms with Gasteiger partial charge in [-0.1, -0.05) is 29.8 Å². The molecule has 1 N–H and O–H groups in total. The third kappa shape index (κ3) is 4.37. The summed E-state index contributed by atoms with van der Waals surface area (Å²) in [7, 11) is 0.